The number of benzene rings is 1. The van der Waals surface area contributed by atoms with E-state index in [0.717, 1.165) is 5.69 Å². The number of rotatable bonds is 1. The Morgan fingerprint density at radius 3 is 2.79 bits per heavy atom. The molecule has 2 aromatic rings. The minimum Gasteiger partial charge on any atom is -0.369 e. The third-order valence-electron chi connectivity index (χ3n) is 2.09. The third-order valence-corrected chi connectivity index (χ3v) is 2.09. The molecule has 0 atom stereocenters. The van der Waals surface area contributed by atoms with Gasteiger partial charge in [0.25, 0.3) is 0 Å². The summed E-state index contributed by atoms with van der Waals surface area (Å²) in [6.45, 7) is 1.71. The molecule has 0 amide bonds. The molecule has 0 aliphatic carbocycles. The number of nitrogens with two attached hydrogens (primary N) is 1. The monoisotopic (exact) mass is 191 g/mol. The summed E-state index contributed by atoms with van der Waals surface area (Å²) < 4.78 is 14.7. The number of halogens is 1. The third kappa shape index (κ3) is 1.35. The van der Waals surface area contributed by atoms with Gasteiger partial charge in [-0.2, -0.15) is 0 Å². The molecule has 2 rings (SSSR count). The first-order chi connectivity index (χ1) is 6.68. The molecule has 0 aliphatic rings. The van der Waals surface area contributed by atoms with Gasteiger partial charge in [-0.15, -0.1) is 0 Å². The zero-order chi connectivity index (χ0) is 10.1. The van der Waals surface area contributed by atoms with Crippen LogP contribution in [0.2, 0.25) is 0 Å². The van der Waals surface area contributed by atoms with E-state index in [4.69, 9.17) is 5.73 Å². The fourth-order valence-electron chi connectivity index (χ4n) is 1.31. The molecule has 0 unspecified atom stereocenters. The summed E-state index contributed by atoms with van der Waals surface area (Å²) in [6, 6.07) is 4.82. The highest BCUT2D eigenvalue weighted by Crippen LogP contribution is 2.15. The van der Waals surface area contributed by atoms with Gasteiger partial charge in [-0.05, 0) is 30.7 Å². The molecule has 72 valence electrons. The van der Waals surface area contributed by atoms with Gasteiger partial charge in [0, 0.05) is 18.1 Å². The van der Waals surface area contributed by atoms with E-state index in [1.54, 1.807) is 36.0 Å². The number of hydrogen-bond donors (Lipinski definition) is 1. The van der Waals surface area contributed by atoms with Crippen molar-refractivity contribution in [3.05, 3.63) is 42.0 Å². The number of aryl methyl sites for hydroxylation is 1. The lowest BCUT2D eigenvalue weighted by molar-refractivity contribution is 0.618. The predicted molar refractivity (Wildman–Crippen MR) is 52.7 cm³/mol. The average molecular weight is 191 g/mol. The van der Waals surface area contributed by atoms with Crippen LogP contribution in [0.1, 0.15) is 5.56 Å². The van der Waals surface area contributed by atoms with E-state index in [2.05, 4.69) is 4.98 Å². The second-order valence-electron chi connectivity index (χ2n) is 3.09. The van der Waals surface area contributed by atoms with E-state index in [1.165, 1.54) is 6.07 Å². The van der Waals surface area contributed by atoms with Gasteiger partial charge in [-0.3, -0.25) is 4.57 Å². The summed E-state index contributed by atoms with van der Waals surface area (Å²) >= 11 is 0. The van der Waals surface area contributed by atoms with Gasteiger partial charge in [0.15, 0.2) is 0 Å². The maximum absolute atomic E-state index is 13.0. The van der Waals surface area contributed by atoms with Crippen molar-refractivity contribution in [1.82, 2.24) is 9.55 Å². The molecule has 3 nitrogen and oxygen atoms in total. The second kappa shape index (κ2) is 3.14. The first-order valence-electron chi connectivity index (χ1n) is 4.24. The van der Waals surface area contributed by atoms with E-state index in [0.29, 0.717) is 11.5 Å². The molecular formula is C10H10FN3. The lowest BCUT2D eigenvalue weighted by Gasteiger charge is -2.05. The van der Waals surface area contributed by atoms with Gasteiger partial charge in [-0.1, -0.05) is 0 Å². The van der Waals surface area contributed by atoms with Crippen LogP contribution in [0.25, 0.3) is 5.69 Å². The first kappa shape index (κ1) is 8.74. The highest BCUT2D eigenvalue weighted by atomic mass is 19.1. The zero-order valence-corrected chi connectivity index (χ0v) is 7.74. The quantitative estimate of drug-likeness (QED) is 0.748. The minimum atomic E-state index is -0.215. The number of nitrogens with zero attached hydrogens (tertiary/aromatic N) is 2. The Balaban J connectivity index is 2.53. The van der Waals surface area contributed by atoms with Crippen molar-refractivity contribution in [3.8, 4) is 5.69 Å². The Morgan fingerprint density at radius 1 is 1.43 bits per heavy atom. The van der Waals surface area contributed by atoms with E-state index in [-0.39, 0.29) is 5.82 Å². The maximum atomic E-state index is 13.0. The Hall–Kier alpha value is -1.84. The normalized spacial score (nSPS) is 10.4. The molecule has 0 aliphatic heterocycles. The van der Waals surface area contributed by atoms with Crippen LogP contribution in [0, 0.1) is 12.7 Å². The van der Waals surface area contributed by atoms with Gasteiger partial charge < -0.3 is 5.73 Å². The fourth-order valence-corrected chi connectivity index (χ4v) is 1.31. The molecular weight excluding hydrogens is 181 g/mol. The van der Waals surface area contributed by atoms with Gasteiger partial charge >= 0.3 is 0 Å². The Bertz CT molecular complexity index is 462. The van der Waals surface area contributed by atoms with Crippen molar-refractivity contribution in [1.29, 1.82) is 0 Å². The summed E-state index contributed by atoms with van der Waals surface area (Å²) in [7, 11) is 0. The number of aromatic nitrogens is 2. The van der Waals surface area contributed by atoms with Crippen LogP contribution in [-0.4, -0.2) is 9.55 Å². The topological polar surface area (TPSA) is 43.8 Å². The Labute approximate surface area is 81.0 Å². The summed E-state index contributed by atoms with van der Waals surface area (Å²) in [4.78, 5) is 3.89. The standard InChI is InChI=1S/C10H10FN3/c1-7-6-8(2-3-9(7)11)14-5-4-13-10(14)12/h2-6H,1H3,(H2,12,13). The Morgan fingerprint density at radius 2 is 2.21 bits per heavy atom. The van der Waals surface area contributed by atoms with Crippen LogP contribution in [0.15, 0.2) is 30.6 Å². The molecule has 0 spiro atoms. The molecule has 1 aromatic heterocycles. The maximum Gasteiger partial charge on any atom is 0.204 e. The summed E-state index contributed by atoms with van der Waals surface area (Å²) in [5.74, 6) is 0.184. The largest absolute Gasteiger partial charge is 0.369 e. The highest BCUT2D eigenvalue weighted by Gasteiger charge is 2.03. The van der Waals surface area contributed by atoms with Crippen molar-refractivity contribution in [2.75, 3.05) is 5.73 Å². The lowest BCUT2D eigenvalue weighted by atomic mass is 10.2. The molecule has 1 aromatic carbocycles. The van der Waals surface area contributed by atoms with Crippen LogP contribution in [0.5, 0.6) is 0 Å². The molecule has 0 saturated carbocycles. The molecule has 2 N–H and O–H groups in total. The van der Waals surface area contributed by atoms with Crippen LogP contribution >= 0.6 is 0 Å². The van der Waals surface area contributed by atoms with Crippen molar-refractivity contribution in [2.24, 2.45) is 0 Å². The van der Waals surface area contributed by atoms with Crippen molar-refractivity contribution in [3.63, 3.8) is 0 Å². The SMILES string of the molecule is Cc1cc(-n2ccnc2N)ccc1F. The number of anilines is 1. The van der Waals surface area contributed by atoms with E-state index in [9.17, 15) is 4.39 Å². The van der Waals surface area contributed by atoms with Crippen LogP contribution in [0.3, 0.4) is 0 Å². The van der Waals surface area contributed by atoms with Crippen molar-refractivity contribution < 1.29 is 4.39 Å². The van der Waals surface area contributed by atoms with Crippen LogP contribution in [0.4, 0.5) is 10.3 Å². The van der Waals surface area contributed by atoms with Crippen molar-refractivity contribution >= 4 is 5.95 Å². The second-order valence-corrected chi connectivity index (χ2v) is 3.09. The van der Waals surface area contributed by atoms with Gasteiger partial charge in [0.1, 0.15) is 5.82 Å². The van der Waals surface area contributed by atoms with Gasteiger partial charge in [0.05, 0.1) is 0 Å². The smallest absolute Gasteiger partial charge is 0.204 e. The van der Waals surface area contributed by atoms with E-state index in [1.807, 2.05) is 0 Å². The summed E-state index contributed by atoms with van der Waals surface area (Å²) in [6.07, 6.45) is 3.34. The number of imidazole rings is 1. The van der Waals surface area contributed by atoms with Crippen LogP contribution < -0.4 is 5.73 Å². The predicted octanol–water partition coefficient (Wildman–Crippen LogP) is 1.90. The molecule has 4 heteroatoms. The summed E-state index contributed by atoms with van der Waals surface area (Å²) in [5.41, 5.74) is 7.03. The zero-order valence-electron chi connectivity index (χ0n) is 7.74. The fraction of sp³-hybridized carbons (Fsp3) is 0.100. The lowest BCUT2D eigenvalue weighted by Crippen LogP contribution is -2.00. The molecule has 0 radical (unpaired) electrons. The summed E-state index contributed by atoms with van der Waals surface area (Å²) in [5, 5.41) is 0. The number of nitrogen functional groups attached to an aromatic ring is 1. The molecule has 1 heterocycles. The van der Waals surface area contributed by atoms with E-state index >= 15 is 0 Å². The van der Waals surface area contributed by atoms with Crippen molar-refractivity contribution in [2.45, 2.75) is 6.92 Å². The first-order valence-corrected chi connectivity index (χ1v) is 4.24. The average Bonchev–Trinajstić information content (AvgIpc) is 2.57. The molecule has 0 saturated heterocycles. The Kier molecular flexibility index (Phi) is 1.96. The minimum absolute atomic E-state index is 0.215. The number of hydrogen-bond acceptors (Lipinski definition) is 2. The molecule has 0 fully saturated rings. The highest BCUT2D eigenvalue weighted by molar-refractivity contribution is 5.41. The molecule has 14 heavy (non-hydrogen) atoms. The van der Waals surface area contributed by atoms with Crippen LogP contribution in [-0.2, 0) is 0 Å². The van der Waals surface area contributed by atoms with Gasteiger partial charge in [0.2, 0.25) is 5.95 Å². The molecule has 0 bridgehead atoms. The van der Waals surface area contributed by atoms with E-state index < -0.39 is 0 Å². The van der Waals surface area contributed by atoms with Gasteiger partial charge in [-0.25, -0.2) is 9.37 Å².